The van der Waals surface area contributed by atoms with Crippen molar-refractivity contribution in [3.8, 4) is 11.5 Å². The van der Waals surface area contributed by atoms with Crippen LogP contribution >= 0.6 is 22.9 Å². The van der Waals surface area contributed by atoms with E-state index in [2.05, 4.69) is 26.4 Å². The van der Waals surface area contributed by atoms with E-state index in [0.29, 0.717) is 17.8 Å². The maximum absolute atomic E-state index is 10.6. The van der Waals surface area contributed by atoms with Gasteiger partial charge in [-0.2, -0.15) is 0 Å². The standard InChI is InChI=1S/C12H16INO4/c1-17-12-6-9(4-5-14-13)2-3-11(12)18-10(7-15)8-16/h2-3,6-7,10,14,16H,4-5,8H2,1H3/t10-/m0/s1. The van der Waals surface area contributed by atoms with Gasteiger partial charge in [0.25, 0.3) is 0 Å². The van der Waals surface area contributed by atoms with Gasteiger partial charge in [0, 0.05) is 29.4 Å². The number of carbonyl (C=O) groups excluding carboxylic acids is 1. The molecule has 0 aromatic heterocycles. The van der Waals surface area contributed by atoms with Crippen LogP contribution in [0.5, 0.6) is 11.5 Å². The lowest BCUT2D eigenvalue weighted by atomic mass is 10.1. The first-order chi connectivity index (χ1) is 8.74. The highest BCUT2D eigenvalue weighted by molar-refractivity contribution is 14.1. The van der Waals surface area contributed by atoms with Crippen molar-refractivity contribution < 1.29 is 19.4 Å². The molecule has 100 valence electrons. The molecule has 0 fully saturated rings. The summed E-state index contributed by atoms with van der Waals surface area (Å²) in [5.41, 5.74) is 1.11. The molecule has 0 unspecified atom stereocenters. The zero-order valence-electron chi connectivity index (χ0n) is 10.1. The normalized spacial score (nSPS) is 11.9. The molecule has 0 saturated heterocycles. The lowest BCUT2D eigenvalue weighted by Crippen LogP contribution is -2.22. The molecule has 1 atom stereocenters. The van der Waals surface area contributed by atoms with Crippen LogP contribution in [-0.4, -0.2) is 37.8 Å². The zero-order valence-corrected chi connectivity index (χ0v) is 12.2. The fraction of sp³-hybridized carbons (Fsp3) is 0.417. The Morgan fingerprint density at radius 2 is 2.28 bits per heavy atom. The molecular weight excluding hydrogens is 349 g/mol. The van der Waals surface area contributed by atoms with E-state index in [4.69, 9.17) is 14.6 Å². The van der Waals surface area contributed by atoms with Gasteiger partial charge in [0.05, 0.1) is 13.7 Å². The minimum Gasteiger partial charge on any atom is -0.493 e. The number of carbonyl (C=O) groups is 1. The number of nitrogens with one attached hydrogen (secondary N) is 1. The summed E-state index contributed by atoms with van der Waals surface area (Å²) in [5, 5.41) is 8.92. The summed E-state index contributed by atoms with van der Waals surface area (Å²) in [6.07, 6.45) is 0.574. The summed E-state index contributed by atoms with van der Waals surface area (Å²) in [6.45, 7) is 0.505. The molecule has 0 aliphatic carbocycles. The number of ether oxygens (including phenoxy) is 2. The lowest BCUT2D eigenvalue weighted by Gasteiger charge is -2.15. The Morgan fingerprint density at radius 3 is 2.83 bits per heavy atom. The summed E-state index contributed by atoms with van der Waals surface area (Å²) in [5.74, 6) is 1.01. The van der Waals surface area contributed by atoms with E-state index in [1.54, 1.807) is 6.07 Å². The van der Waals surface area contributed by atoms with E-state index in [9.17, 15) is 4.79 Å². The van der Waals surface area contributed by atoms with E-state index in [-0.39, 0.29) is 6.61 Å². The first kappa shape index (κ1) is 15.2. The van der Waals surface area contributed by atoms with E-state index < -0.39 is 6.10 Å². The molecule has 0 aliphatic heterocycles. The van der Waals surface area contributed by atoms with Gasteiger partial charge in [0.1, 0.15) is 0 Å². The second-order valence-corrected chi connectivity index (χ2v) is 4.36. The average molecular weight is 365 g/mol. The van der Waals surface area contributed by atoms with Gasteiger partial charge < -0.3 is 14.6 Å². The number of halogens is 1. The second kappa shape index (κ2) is 8.28. The first-order valence-corrected chi connectivity index (χ1v) is 6.56. The number of methoxy groups -OCH3 is 1. The fourth-order valence-corrected chi connectivity index (χ4v) is 1.70. The van der Waals surface area contributed by atoms with Gasteiger partial charge in [0.15, 0.2) is 23.9 Å². The fourth-order valence-electron chi connectivity index (χ4n) is 1.43. The molecule has 0 radical (unpaired) electrons. The Labute approximate surface area is 120 Å². The van der Waals surface area contributed by atoms with Crippen molar-refractivity contribution in [2.24, 2.45) is 0 Å². The lowest BCUT2D eigenvalue weighted by molar-refractivity contribution is -0.115. The number of hydrogen-bond acceptors (Lipinski definition) is 5. The third kappa shape index (κ3) is 4.43. The Kier molecular flexibility index (Phi) is 6.99. The average Bonchev–Trinajstić information content (AvgIpc) is 2.43. The van der Waals surface area contributed by atoms with Crippen LogP contribution in [0.3, 0.4) is 0 Å². The largest absolute Gasteiger partial charge is 0.493 e. The quantitative estimate of drug-likeness (QED) is 0.411. The SMILES string of the molecule is COc1cc(CCNI)ccc1O[C@@H](C=O)CO. The van der Waals surface area contributed by atoms with E-state index in [1.807, 2.05) is 12.1 Å². The summed E-state index contributed by atoms with van der Waals surface area (Å²) < 4.78 is 13.6. The summed E-state index contributed by atoms with van der Waals surface area (Å²) in [6, 6.07) is 5.52. The van der Waals surface area contributed by atoms with Crippen molar-refractivity contribution in [3.05, 3.63) is 23.8 Å². The number of aliphatic hydroxyl groups is 1. The van der Waals surface area contributed by atoms with Crippen LogP contribution in [0.2, 0.25) is 0 Å². The van der Waals surface area contributed by atoms with Gasteiger partial charge in [-0.25, -0.2) is 0 Å². The molecule has 6 heteroatoms. The van der Waals surface area contributed by atoms with E-state index >= 15 is 0 Å². The Balaban J connectivity index is 2.82. The van der Waals surface area contributed by atoms with Crippen LogP contribution in [-0.2, 0) is 11.2 Å². The number of aldehydes is 1. The number of hydrogen-bond donors (Lipinski definition) is 2. The second-order valence-electron chi connectivity index (χ2n) is 3.59. The van der Waals surface area contributed by atoms with Crippen LogP contribution in [0.25, 0.3) is 0 Å². The molecule has 5 nitrogen and oxygen atoms in total. The molecule has 18 heavy (non-hydrogen) atoms. The Hall–Kier alpha value is -0.860. The van der Waals surface area contributed by atoms with E-state index in [1.165, 1.54) is 7.11 Å². The smallest absolute Gasteiger partial charge is 0.177 e. The number of rotatable bonds is 8. The minimum atomic E-state index is -0.860. The van der Waals surface area contributed by atoms with Crippen molar-refractivity contribution >= 4 is 29.2 Å². The van der Waals surface area contributed by atoms with Crippen LogP contribution in [0, 0.1) is 0 Å². The summed E-state index contributed by atoms with van der Waals surface area (Å²) >= 11 is 2.09. The van der Waals surface area contributed by atoms with Crippen molar-refractivity contribution in [2.75, 3.05) is 20.3 Å². The molecule has 1 aromatic rings. The van der Waals surface area contributed by atoms with Gasteiger partial charge in [0.2, 0.25) is 0 Å². The van der Waals surface area contributed by atoms with Crippen LogP contribution in [0.4, 0.5) is 0 Å². The van der Waals surface area contributed by atoms with Gasteiger partial charge in [-0.05, 0) is 24.1 Å². The van der Waals surface area contributed by atoms with Crippen molar-refractivity contribution in [1.29, 1.82) is 0 Å². The van der Waals surface area contributed by atoms with Gasteiger partial charge >= 0.3 is 0 Å². The first-order valence-electron chi connectivity index (χ1n) is 5.48. The highest BCUT2D eigenvalue weighted by Crippen LogP contribution is 2.28. The molecule has 0 aliphatic rings. The molecule has 0 spiro atoms. The highest BCUT2D eigenvalue weighted by atomic mass is 127. The molecule has 1 rings (SSSR count). The number of aliphatic hydroxyl groups excluding tert-OH is 1. The molecule has 0 heterocycles. The zero-order chi connectivity index (χ0) is 13.4. The predicted molar refractivity (Wildman–Crippen MR) is 76.3 cm³/mol. The Morgan fingerprint density at radius 1 is 1.50 bits per heavy atom. The van der Waals surface area contributed by atoms with Crippen molar-refractivity contribution in [1.82, 2.24) is 3.53 Å². The maximum atomic E-state index is 10.6. The van der Waals surface area contributed by atoms with Crippen molar-refractivity contribution in [3.63, 3.8) is 0 Å². The molecule has 0 bridgehead atoms. The monoisotopic (exact) mass is 365 g/mol. The van der Waals surface area contributed by atoms with Crippen LogP contribution < -0.4 is 13.0 Å². The highest BCUT2D eigenvalue weighted by Gasteiger charge is 2.12. The molecule has 2 N–H and O–H groups in total. The molecule has 0 saturated carbocycles. The maximum Gasteiger partial charge on any atom is 0.177 e. The van der Waals surface area contributed by atoms with Gasteiger partial charge in [-0.3, -0.25) is 8.32 Å². The van der Waals surface area contributed by atoms with Gasteiger partial charge in [-0.15, -0.1) is 0 Å². The number of benzene rings is 1. The third-order valence-electron chi connectivity index (χ3n) is 2.35. The van der Waals surface area contributed by atoms with E-state index in [0.717, 1.165) is 18.5 Å². The molecular formula is C12H16INO4. The summed E-state index contributed by atoms with van der Waals surface area (Å²) in [7, 11) is 1.54. The predicted octanol–water partition coefficient (Wildman–Crippen LogP) is 1.12. The minimum absolute atomic E-state index is 0.354. The van der Waals surface area contributed by atoms with Gasteiger partial charge in [-0.1, -0.05) is 6.07 Å². The third-order valence-corrected chi connectivity index (χ3v) is 2.89. The molecule has 0 amide bonds. The Bertz CT molecular complexity index is 386. The van der Waals surface area contributed by atoms with Crippen LogP contribution in [0.1, 0.15) is 5.56 Å². The molecule has 1 aromatic carbocycles. The van der Waals surface area contributed by atoms with Crippen LogP contribution in [0.15, 0.2) is 18.2 Å². The topological polar surface area (TPSA) is 67.8 Å². The summed E-state index contributed by atoms with van der Waals surface area (Å²) in [4.78, 5) is 10.6. The van der Waals surface area contributed by atoms with Crippen molar-refractivity contribution in [2.45, 2.75) is 12.5 Å².